The lowest BCUT2D eigenvalue weighted by Crippen LogP contribution is -2.16. The molecular weight excluding hydrogens is 611 g/mol. The third-order valence-electron chi connectivity index (χ3n) is 5.32. The number of aliphatic hydroxyl groups is 2. The Morgan fingerprint density at radius 1 is 0.737 bits per heavy atom. The van der Waals surface area contributed by atoms with Gasteiger partial charge in [-0.25, -0.2) is 0 Å². The van der Waals surface area contributed by atoms with Crippen LogP contribution >= 0.6 is 34.2 Å². The van der Waals surface area contributed by atoms with Gasteiger partial charge in [0, 0.05) is 30.8 Å². The van der Waals surface area contributed by atoms with Crippen LogP contribution in [0.3, 0.4) is 0 Å². The number of benzene rings is 4. The number of hydrogen-bond donors (Lipinski definition) is 2. The van der Waals surface area contributed by atoms with Crippen molar-refractivity contribution >= 4 is 34.2 Å². The van der Waals surface area contributed by atoms with Crippen molar-refractivity contribution in [2.24, 2.45) is 0 Å². The van der Waals surface area contributed by atoms with Crippen LogP contribution < -0.4 is 9.47 Å². The molecule has 0 bridgehead atoms. The van der Waals surface area contributed by atoms with Gasteiger partial charge in [-0.1, -0.05) is 35.3 Å². The molecule has 0 fully saturated rings. The molecular formula is C32H24ClIO4. The molecule has 0 atom stereocenters. The van der Waals surface area contributed by atoms with Gasteiger partial charge in [-0.15, -0.1) is 0 Å². The number of aliphatic hydroxyl groups excluding tert-OH is 1. The molecule has 6 heteroatoms. The molecule has 0 saturated carbocycles. The number of aryl methyl sites for hydroxylation is 1. The number of ether oxygens (including phenoxy) is 2. The molecule has 0 heterocycles. The molecule has 4 aromatic rings. The second-order valence-electron chi connectivity index (χ2n) is 8.44. The standard InChI is InChI=1S/C32H24ClIO4/c1-22-16-30(14-15-31(22)38-21-32(35)36)37-20-27-18-25(4-2-23-6-10-28(33)11-7-23)17-26(19-27)5-3-24-8-12-29(34)13-9-24/h6-19,32,35-36H,20-21H2,1H3. The van der Waals surface area contributed by atoms with Gasteiger partial charge in [0.05, 0.1) is 0 Å². The summed E-state index contributed by atoms with van der Waals surface area (Å²) in [6, 6.07) is 26.8. The van der Waals surface area contributed by atoms with Crippen LogP contribution in [-0.2, 0) is 6.61 Å². The zero-order chi connectivity index (χ0) is 26.9. The molecule has 0 aromatic heterocycles. The largest absolute Gasteiger partial charge is 0.489 e. The second kappa shape index (κ2) is 13.4. The van der Waals surface area contributed by atoms with Crippen LogP contribution in [0.15, 0.2) is 84.9 Å². The molecule has 2 N–H and O–H groups in total. The Hall–Kier alpha value is -3.46. The molecule has 0 unspecified atom stereocenters. The first-order valence-electron chi connectivity index (χ1n) is 11.8. The van der Waals surface area contributed by atoms with Gasteiger partial charge < -0.3 is 19.7 Å². The minimum Gasteiger partial charge on any atom is -0.489 e. The van der Waals surface area contributed by atoms with Gasteiger partial charge in [0.2, 0.25) is 0 Å². The van der Waals surface area contributed by atoms with Crippen molar-refractivity contribution in [3.63, 3.8) is 0 Å². The van der Waals surface area contributed by atoms with E-state index in [-0.39, 0.29) is 6.61 Å². The first kappa shape index (κ1) is 27.6. The first-order chi connectivity index (χ1) is 18.3. The molecule has 4 aromatic carbocycles. The van der Waals surface area contributed by atoms with Crippen molar-refractivity contribution < 1.29 is 19.7 Å². The van der Waals surface area contributed by atoms with E-state index in [1.165, 1.54) is 0 Å². The fourth-order valence-electron chi connectivity index (χ4n) is 3.48. The summed E-state index contributed by atoms with van der Waals surface area (Å²) in [5.74, 6) is 14.1. The minimum atomic E-state index is -1.52. The number of rotatable bonds is 6. The van der Waals surface area contributed by atoms with Crippen molar-refractivity contribution in [1.82, 2.24) is 0 Å². The molecule has 0 radical (unpaired) electrons. The maximum atomic E-state index is 9.02. The van der Waals surface area contributed by atoms with Crippen molar-refractivity contribution in [1.29, 1.82) is 0 Å². The smallest absolute Gasteiger partial charge is 0.186 e. The molecule has 0 aliphatic heterocycles. The summed E-state index contributed by atoms with van der Waals surface area (Å²) in [5, 5.41) is 18.7. The molecule has 0 amide bonds. The van der Waals surface area contributed by atoms with E-state index in [1.54, 1.807) is 12.1 Å². The van der Waals surface area contributed by atoms with Crippen molar-refractivity contribution in [3.8, 4) is 35.2 Å². The number of halogens is 2. The van der Waals surface area contributed by atoms with Crippen LogP contribution in [0, 0.1) is 34.2 Å². The van der Waals surface area contributed by atoms with Gasteiger partial charge in [-0.2, -0.15) is 0 Å². The first-order valence-corrected chi connectivity index (χ1v) is 13.2. The maximum absolute atomic E-state index is 9.02. The van der Waals surface area contributed by atoms with Crippen molar-refractivity contribution in [2.75, 3.05) is 6.61 Å². The summed E-state index contributed by atoms with van der Waals surface area (Å²) in [4.78, 5) is 0. The van der Waals surface area contributed by atoms with Gasteiger partial charge in [0.1, 0.15) is 24.7 Å². The van der Waals surface area contributed by atoms with E-state index < -0.39 is 6.29 Å². The summed E-state index contributed by atoms with van der Waals surface area (Å²) in [6.45, 7) is 2.00. The molecule has 0 aliphatic rings. The lowest BCUT2D eigenvalue weighted by molar-refractivity contribution is -0.0681. The van der Waals surface area contributed by atoms with Gasteiger partial charge in [0.25, 0.3) is 0 Å². The highest BCUT2D eigenvalue weighted by atomic mass is 127. The highest BCUT2D eigenvalue weighted by molar-refractivity contribution is 14.1. The van der Waals surface area contributed by atoms with Crippen LogP contribution in [0.1, 0.15) is 33.4 Å². The Balaban J connectivity index is 1.57. The Labute approximate surface area is 241 Å². The summed E-state index contributed by atoms with van der Waals surface area (Å²) in [6.07, 6.45) is -1.52. The molecule has 4 nitrogen and oxygen atoms in total. The van der Waals surface area contributed by atoms with Crippen LogP contribution in [0.5, 0.6) is 11.5 Å². The molecule has 4 rings (SSSR count). The fourth-order valence-corrected chi connectivity index (χ4v) is 3.96. The van der Waals surface area contributed by atoms with E-state index in [9.17, 15) is 0 Å². The number of hydrogen-bond acceptors (Lipinski definition) is 4. The highest BCUT2D eigenvalue weighted by Crippen LogP contribution is 2.24. The highest BCUT2D eigenvalue weighted by Gasteiger charge is 2.06. The average molecular weight is 635 g/mol. The Morgan fingerprint density at radius 3 is 1.89 bits per heavy atom. The second-order valence-corrected chi connectivity index (χ2v) is 10.1. The lowest BCUT2D eigenvalue weighted by atomic mass is 10.1. The monoisotopic (exact) mass is 634 g/mol. The third-order valence-corrected chi connectivity index (χ3v) is 6.29. The van der Waals surface area contributed by atoms with E-state index in [1.807, 2.05) is 79.7 Å². The molecule has 190 valence electrons. The van der Waals surface area contributed by atoms with Gasteiger partial charge in [-0.05, 0) is 126 Å². The van der Waals surface area contributed by atoms with E-state index >= 15 is 0 Å². The minimum absolute atomic E-state index is 0.198. The zero-order valence-electron chi connectivity index (χ0n) is 20.5. The van der Waals surface area contributed by atoms with Gasteiger partial charge in [0.15, 0.2) is 6.29 Å². The molecule has 38 heavy (non-hydrogen) atoms. The van der Waals surface area contributed by atoms with Crippen LogP contribution in [0.2, 0.25) is 5.02 Å². The topological polar surface area (TPSA) is 58.9 Å². The van der Waals surface area contributed by atoms with Crippen LogP contribution in [-0.4, -0.2) is 23.1 Å². The van der Waals surface area contributed by atoms with Crippen molar-refractivity contribution in [3.05, 3.63) is 127 Å². The van der Waals surface area contributed by atoms with Gasteiger partial charge in [-0.3, -0.25) is 0 Å². The quantitative estimate of drug-likeness (QED) is 0.148. The third kappa shape index (κ3) is 8.55. The summed E-state index contributed by atoms with van der Waals surface area (Å²) < 4.78 is 12.6. The summed E-state index contributed by atoms with van der Waals surface area (Å²) >= 11 is 8.26. The molecule has 0 aliphatic carbocycles. The molecule has 0 saturated heterocycles. The Bertz CT molecular complexity index is 1440. The average Bonchev–Trinajstić information content (AvgIpc) is 2.90. The fraction of sp³-hybridized carbons (Fsp3) is 0.125. The van der Waals surface area contributed by atoms with E-state index in [4.69, 9.17) is 31.3 Å². The van der Waals surface area contributed by atoms with Crippen LogP contribution in [0.4, 0.5) is 0 Å². The van der Waals surface area contributed by atoms with E-state index in [0.29, 0.717) is 23.1 Å². The summed E-state index contributed by atoms with van der Waals surface area (Å²) in [7, 11) is 0. The molecule has 0 spiro atoms. The van der Waals surface area contributed by atoms with E-state index in [0.717, 1.165) is 37.0 Å². The SMILES string of the molecule is Cc1cc(OCc2cc(C#Cc3ccc(Cl)cc3)cc(C#Cc3ccc(I)cc3)c2)ccc1OCC(O)O. The van der Waals surface area contributed by atoms with Gasteiger partial charge >= 0.3 is 0 Å². The Morgan fingerprint density at radius 2 is 1.32 bits per heavy atom. The normalized spacial score (nSPS) is 10.3. The van der Waals surface area contributed by atoms with Crippen molar-refractivity contribution in [2.45, 2.75) is 19.8 Å². The Kier molecular flexibility index (Phi) is 9.70. The van der Waals surface area contributed by atoms with Crippen LogP contribution in [0.25, 0.3) is 0 Å². The summed E-state index contributed by atoms with van der Waals surface area (Å²) in [5.41, 5.74) is 5.24. The predicted octanol–water partition coefficient (Wildman–Crippen LogP) is 6.32. The zero-order valence-corrected chi connectivity index (χ0v) is 23.5. The maximum Gasteiger partial charge on any atom is 0.186 e. The predicted molar refractivity (Wildman–Crippen MR) is 158 cm³/mol. The lowest BCUT2D eigenvalue weighted by Gasteiger charge is -2.12. The van der Waals surface area contributed by atoms with E-state index in [2.05, 4.69) is 46.3 Å².